The van der Waals surface area contributed by atoms with Crippen LogP contribution in [0, 0.1) is 0 Å². The Morgan fingerprint density at radius 2 is 1.64 bits per heavy atom. The largest absolute Gasteiger partial charge is 0.497 e. The van der Waals surface area contributed by atoms with Gasteiger partial charge >= 0.3 is 0 Å². The molecule has 0 aromatic heterocycles. The molecule has 0 aliphatic rings. The molecule has 1 N–H and O–H groups in total. The molecule has 78 valence electrons. The number of benzene rings is 1. The van der Waals surface area contributed by atoms with Crippen molar-refractivity contribution in [3.63, 3.8) is 0 Å². The minimum absolute atomic E-state index is 0.390. The molecular weight excluding hydrogens is 174 g/mol. The molecule has 0 unspecified atom stereocenters. The second kappa shape index (κ2) is 5.01. The van der Waals surface area contributed by atoms with Crippen molar-refractivity contribution >= 4 is 0 Å². The number of hydrogen-bond acceptors (Lipinski definition) is 2. The van der Waals surface area contributed by atoms with Gasteiger partial charge in [0.2, 0.25) is 0 Å². The van der Waals surface area contributed by atoms with Gasteiger partial charge in [0.25, 0.3) is 0 Å². The zero-order valence-electron chi connectivity index (χ0n) is 9.37. The lowest BCUT2D eigenvalue weighted by molar-refractivity contribution is 0.414. The lowest BCUT2D eigenvalue weighted by Gasteiger charge is -2.17. The van der Waals surface area contributed by atoms with Crippen molar-refractivity contribution in [2.24, 2.45) is 0 Å². The van der Waals surface area contributed by atoms with Crippen LogP contribution in [0.2, 0.25) is 0 Å². The highest BCUT2D eigenvalue weighted by molar-refractivity contribution is 5.28. The van der Waals surface area contributed by atoms with Gasteiger partial charge in [-0.05, 0) is 24.6 Å². The molecule has 2 heteroatoms. The second-order valence-corrected chi connectivity index (χ2v) is 3.82. The van der Waals surface area contributed by atoms with Gasteiger partial charge in [-0.25, -0.2) is 0 Å². The minimum atomic E-state index is 0.390. The smallest absolute Gasteiger partial charge is 0.118 e. The molecule has 0 saturated carbocycles. The summed E-state index contributed by atoms with van der Waals surface area (Å²) in [7, 11) is 1.69. The van der Waals surface area contributed by atoms with Gasteiger partial charge in [-0.1, -0.05) is 26.0 Å². The first-order chi connectivity index (χ1) is 6.63. The summed E-state index contributed by atoms with van der Waals surface area (Å²) in [4.78, 5) is 0. The first-order valence-corrected chi connectivity index (χ1v) is 5.03. The zero-order valence-corrected chi connectivity index (χ0v) is 9.37. The molecule has 1 atom stereocenters. The minimum Gasteiger partial charge on any atom is -0.497 e. The Labute approximate surface area is 86.3 Å². The zero-order chi connectivity index (χ0) is 10.6. The predicted octanol–water partition coefficient (Wildman–Crippen LogP) is 2.75. The maximum atomic E-state index is 5.11. The van der Waals surface area contributed by atoms with E-state index in [-0.39, 0.29) is 0 Å². The van der Waals surface area contributed by atoms with E-state index in [1.54, 1.807) is 7.11 Å². The number of ether oxygens (including phenoxy) is 1. The average Bonchev–Trinajstić information content (AvgIpc) is 2.17. The van der Waals surface area contributed by atoms with Crippen molar-refractivity contribution in [1.29, 1.82) is 0 Å². The van der Waals surface area contributed by atoms with E-state index in [1.165, 1.54) is 5.56 Å². The van der Waals surface area contributed by atoms with Crippen LogP contribution < -0.4 is 10.1 Å². The quantitative estimate of drug-likeness (QED) is 0.794. The van der Waals surface area contributed by atoms with Crippen molar-refractivity contribution in [3.8, 4) is 5.75 Å². The number of nitrogens with one attached hydrogen (secondary N) is 1. The van der Waals surface area contributed by atoms with Gasteiger partial charge < -0.3 is 10.1 Å². The molecule has 0 bridgehead atoms. The summed E-state index contributed by atoms with van der Waals surface area (Å²) in [5, 5.41) is 3.46. The van der Waals surface area contributed by atoms with Crippen molar-refractivity contribution in [2.75, 3.05) is 7.11 Å². The molecule has 0 fully saturated rings. The monoisotopic (exact) mass is 193 g/mol. The maximum Gasteiger partial charge on any atom is 0.118 e. The van der Waals surface area contributed by atoms with E-state index in [1.807, 2.05) is 12.1 Å². The molecule has 1 rings (SSSR count). The van der Waals surface area contributed by atoms with Crippen molar-refractivity contribution in [3.05, 3.63) is 29.8 Å². The van der Waals surface area contributed by atoms with Crippen LogP contribution in [0.5, 0.6) is 5.75 Å². The van der Waals surface area contributed by atoms with Crippen LogP contribution in [-0.4, -0.2) is 13.2 Å². The van der Waals surface area contributed by atoms with Gasteiger partial charge in [0, 0.05) is 12.1 Å². The standard InChI is InChI=1S/C12H19NO/c1-9(2)13-10(3)11-5-7-12(14-4)8-6-11/h5-10,13H,1-4H3/t10-/m1/s1. The molecule has 0 amide bonds. The number of methoxy groups -OCH3 is 1. The summed E-state index contributed by atoms with van der Waals surface area (Å²) in [5.41, 5.74) is 1.29. The normalized spacial score (nSPS) is 12.9. The van der Waals surface area contributed by atoms with Crippen LogP contribution in [-0.2, 0) is 0 Å². The Morgan fingerprint density at radius 1 is 1.07 bits per heavy atom. The second-order valence-electron chi connectivity index (χ2n) is 3.82. The van der Waals surface area contributed by atoms with Gasteiger partial charge in [0.1, 0.15) is 5.75 Å². The molecule has 0 saturated heterocycles. The van der Waals surface area contributed by atoms with E-state index in [0.29, 0.717) is 12.1 Å². The van der Waals surface area contributed by atoms with Crippen molar-refractivity contribution in [1.82, 2.24) is 5.32 Å². The topological polar surface area (TPSA) is 21.3 Å². The summed E-state index contributed by atoms with van der Waals surface area (Å²) < 4.78 is 5.11. The first-order valence-electron chi connectivity index (χ1n) is 5.03. The fraction of sp³-hybridized carbons (Fsp3) is 0.500. The van der Waals surface area contributed by atoms with Crippen molar-refractivity contribution < 1.29 is 4.74 Å². The molecule has 1 aromatic carbocycles. The third-order valence-corrected chi connectivity index (χ3v) is 2.20. The highest BCUT2D eigenvalue weighted by Gasteiger charge is 2.05. The molecule has 14 heavy (non-hydrogen) atoms. The summed E-state index contributed by atoms with van der Waals surface area (Å²) in [5.74, 6) is 0.908. The fourth-order valence-corrected chi connectivity index (χ4v) is 1.49. The average molecular weight is 193 g/mol. The summed E-state index contributed by atoms with van der Waals surface area (Å²) in [6.45, 7) is 6.47. The Balaban J connectivity index is 2.66. The number of rotatable bonds is 4. The Morgan fingerprint density at radius 3 is 2.07 bits per heavy atom. The summed E-state index contributed by atoms with van der Waals surface area (Å²) >= 11 is 0. The lowest BCUT2D eigenvalue weighted by atomic mass is 10.1. The highest BCUT2D eigenvalue weighted by atomic mass is 16.5. The predicted molar refractivity (Wildman–Crippen MR) is 59.7 cm³/mol. The lowest BCUT2D eigenvalue weighted by Crippen LogP contribution is -2.25. The first kappa shape index (κ1) is 11.1. The molecule has 1 aromatic rings. The van der Waals surface area contributed by atoms with Gasteiger partial charge in [-0.3, -0.25) is 0 Å². The molecule has 0 spiro atoms. The molecular formula is C12H19NO. The van der Waals surface area contributed by atoms with E-state index in [0.717, 1.165) is 5.75 Å². The van der Waals surface area contributed by atoms with Crippen LogP contribution in [0.25, 0.3) is 0 Å². The van der Waals surface area contributed by atoms with Crippen LogP contribution in [0.4, 0.5) is 0 Å². The molecule has 2 nitrogen and oxygen atoms in total. The summed E-state index contributed by atoms with van der Waals surface area (Å²) in [6.07, 6.45) is 0. The molecule has 0 heterocycles. The maximum absolute atomic E-state index is 5.11. The molecule has 0 aliphatic carbocycles. The third kappa shape index (κ3) is 3.04. The Hall–Kier alpha value is -1.02. The number of hydrogen-bond donors (Lipinski definition) is 1. The molecule has 0 radical (unpaired) electrons. The van der Waals surface area contributed by atoms with Gasteiger partial charge in [-0.2, -0.15) is 0 Å². The van der Waals surface area contributed by atoms with Crippen molar-refractivity contribution in [2.45, 2.75) is 32.9 Å². The van der Waals surface area contributed by atoms with Crippen LogP contribution in [0.3, 0.4) is 0 Å². The fourth-order valence-electron chi connectivity index (χ4n) is 1.49. The van der Waals surface area contributed by atoms with E-state index in [4.69, 9.17) is 4.74 Å². The SMILES string of the molecule is COc1ccc([C@@H](C)NC(C)C)cc1. The summed E-state index contributed by atoms with van der Waals surface area (Å²) in [6, 6.07) is 9.08. The van der Waals surface area contributed by atoms with Gasteiger partial charge in [-0.15, -0.1) is 0 Å². The van der Waals surface area contributed by atoms with E-state index < -0.39 is 0 Å². The van der Waals surface area contributed by atoms with E-state index in [2.05, 4.69) is 38.2 Å². The third-order valence-electron chi connectivity index (χ3n) is 2.20. The molecule has 0 aliphatic heterocycles. The highest BCUT2D eigenvalue weighted by Crippen LogP contribution is 2.17. The van der Waals surface area contributed by atoms with E-state index in [9.17, 15) is 0 Å². The van der Waals surface area contributed by atoms with Gasteiger partial charge in [0.05, 0.1) is 7.11 Å². The Bertz CT molecular complexity index is 266. The van der Waals surface area contributed by atoms with E-state index >= 15 is 0 Å². The Kier molecular flexibility index (Phi) is 3.96. The van der Waals surface area contributed by atoms with Crippen LogP contribution in [0.15, 0.2) is 24.3 Å². The van der Waals surface area contributed by atoms with Crippen LogP contribution >= 0.6 is 0 Å². The van der Waals surface area contributed by atoms with Crippen LogP contribution in [0.1, 0.15) is 32.4 Å². The van der Waals surface area contributed by atoms with Gasteiger partial charge in [0.15, 0.2) is 0 Å².